The average Bonchev–Trinajstić information content (AvgIpc) is 3.22. The highest BCUT2D eigenvalue weighted by Gasteiger charge is 2.23. The molecule has 0 atom stereocenters. The maximum atomic E-state index is 4.74. The summed E-state index contributed by atoms with van der Waals surface area (Å²) in [6.45, 7) is 3.13. The van der Waals surface area contributed by atoms with E-state index in [9.17, 15) is 0 Å². The van der Waals surface area contributed by atoms with E-state index in [1.165, 1.54) is 43.6 Å². The van der Waals surface area contributed by atoms with Gasteiger partial charge in [0.05, 0.1) is 11.4 Å². The SMILES string of the molecule is CN(Cc1cccc(CNC2CC2)n1)CC1CC1. The molecule has 3 rings (SSSR count). The van der Waals surface area contributed by atoms with Crippen molar-refractivity contribution in [1.29, 1.82) is 0 Å². The summed E-state index contributed by atoms with van der Waals surface area (Å²) in [5, 5.41) is 3.52. The van der Waals surface area contributed by atoms with E-state index in [4.69, 9.17) is 4.98 Å². The van der Waals surface area contributed by atoms with Gasteiger partial charge < -0.3 is 10.2 Å². The Labute approximate surface area is 110 Å². The summed E-state index contributed by atoms with van der Waals surface area (Å²) < 4.78 is 0. The standard InChI is InChI=1S/C15H23N3/c1-18(10-12-5-6-12)11-15-4-2-3-14(17-15)9-16-13-7-8-13/h2-4,12-13,16H,5-11H2,1H3. The van der Waals surface area contributed by atoms with Crippen molar-refractivity contribution in [2.24, 2.45) is 5.92 Å². The zero-order valence-electron chi connectivity index (χ0n) is 11.2. The predicted molar refractivity (Wildman–Crippen MR) is 73.2 cm³/mol. The molecule has 2 fully saturated rings. The fourth-order valence-corrected chi connectivity index (χ4v) is 2.33. The van der Waals surface area contributed by atoms with Crippen molar-refractivity contribution in [3.05, 3.63) is 29.6 Å². The van der Waals surface area contributed by atoms with E-state index in [0.29, 0.717) is 0 Å². The highest BCUT2D eigenvalue weighted by Crippen LogP contribution is 2.29. The zero-order chi connectivity index (χ0) is 12.4. The molecule has 0 unspecified atom stereocenters. The Morgan fingerprint density at radius 1 is 1.22 bits per heavy atom. The van der Waals surface area contributed by atoms with Gasteiger partial charge in [-0.2, -0.15) is 0 Å². The number of hydrogen-bond acceptors (Lipinski definition) is 3. The summed E-state index contributed by atoms with van der Waals surface area (Å²) in [4.78, 5) is 7.14. The van der Waals surface area contributed by atoms with E-state index in [-0.39, 0.29) is 0 Å². The first-order valence-electron chi connectivity index (χ1n) is 7.16. The van der Waals surface area contributed by atoms with E-state index >= 15 is 0 Å². The van der Waals surface area contributed by atoms with Crippen molar-refractivity contribution >= 4 is 0 Å². The van der Waals surface area contributed by atoms with Crippen LogP contribution in [0.4, 0.5) is 0 Å². The van der Waals surface area contributed by atoms with Crippen LogP contribution in [0.3, 0.4) is 0 Å². The van der Waals surface area contributed by atoms with Crippen molar-refractivity contribution in [1.82, 2.24) is 15.2 Å². The van der Waals surface area contributed by atoms with Crippen molar-refractivity contribution in [3.8, 4) is 0 Å². The lowest BCUT2D eigenvalue weighted by Gasteiger charge is -2.16. The quantitative estimate of drug-likeness (QED) is 0.798. The van der Waals surface area contributed by atoms with Gasteiger partial charge in [0, 0.05) is 25.7 Å². The molecule has 98 valence electrons. The largest absolute Gasteiger partial charge is 0.308 e. The second-order valence-corrected chi connectivity index (χ2v) is 5.92. The second kappa shape index (κ2) is 5.37. The molecule has 1 aromatic heterocycles. The normalized spacial score (nSPS) is 19.4. The molecular formula is C15H23N3. The van der Waals surface area contributed by atoms with Crippen LogP contribution in [-0.4, -0.2) is 29.5 Å². The van der Waals surface area contributed by atoms with Crippen LogP contribution in [0.15, 0.2) is 18.2 Å². The lowest BCUT2D eigenvalue weighted by atomic mass is 10.2. The van der Waals surface area contributed by atoms with Crippen molar-refractivity contribution < 1.29 is 0 Å². The smallest absolute Gasteiger partial charge is 0.0547 e. The minimum absolute atomic E-state index is 0.757. The summed E-state index contributed by atoms with van der Waals surface area (Å²) in [7, 11) is 2.20. The molecule has 1 heterocycles. The minimum Gasteiger partial charge on any atom is -0.308 e. The molecule has 3 heteroatoms. The Morgan fingerprint density at radius 2 is 2.00 bits per heavy atom. The van der Waals surface area contributed by atoms with Crippen molar-refractivity contribution in [2.45, 2.75) is 44.8 Å². The highest BCUT2D eigenvalue weighted by molar-refractivity contribution is 5.11. The Balaban J connectivity index is 1.51. The molecule has 3 nitrogen and oxygen atoms in total. The first-order chi connectivity index (χ1) is 8.79. The Morgan fingerprint density at radius 3 is 2.72 bits per heavy atom. The summed E-state index contributed by atoms with van der Waals surface area (Å²) in [6.07, 6.45) is 5.51. The fourth-order valence-electron chi connectivity index (χ4n) is 2.33. The topological polar surface area (TPSA) is 28.2 Å². The molecule has 1 N–H and O–H groups in total. The van der Waals surface area contributed by atoms with Crippen molar-refractivity contribution in [2.75, 3.05) is 13.6 Å². The number of nitrogens with one attached hydrogen (secondary N) is 1. The maximum absolute atomic E-state index is 4.74. The number of nitrogens with zero attached hydrogens (tertiary/aromatic N) is 2. The van der Waals surface area contributed by atoms with Gasteiger partial charge in [-0.25, -0.2) is 0 Å². The zero-order valence-corrected chi connectivity index (χ0v) is 11.2. The molecule has 0 bridgehead atoms. The molecule has 1 aromatic rings. The van der Waals surface area contributed by atoms with Gasteiger partial charge in [-0.05, 0) is 50.8 Å². The molecule has 2 aliphatic rings. The van der Waals surface area contributed by atoms with Gasteiger partial charge in [-0.3, -0.25) is 4.98 Å². The van der Waals surface area contributed by atoms with Crippen molar-refractivity contribution in [3.63, 3.8) is 0 Å². The van der Waals surface area contributed by atoms with Gasteiger partial charge in [0.1, 0.15) is 0 Å². The van der Waals surface area contributed by atoms with E-state index in [1.807, 2.05) is 0 Å². The molecule has 0 aromatic carbocycles. The van der Waals surface area contributed by atoms with Gasteiger partial charge in [0.2, 0.25) is 0 Å². The molecule has 0 radical (unpaired) electrons. The monoisotopic (exact) mass is 245 g/mol. The Kier molecular flexibility index (Phi) is 3.62. The van der Waals surface area contributed by atoms with Crippen LogP contribution >= 0.6 is 0 Å². The minimum atomic E-state index is 0.757. The maximum Gasteiger partial charge on any atom is 0.0547 e. The lowest BCUT2D eigenvalue weighted by molar-refractivity contribution is 0.309. The Hall–Kier alpha value is -0.930. The molecule has 2 aliphatic carbocycles. The summed E-state index contributed by atoms with van der Waals surface area (Å²) in [5.74, 6) is 0.953. The number of aromatic nitrogens is 1. The molecule has 0 saturated heterocycles. The van der Waals surface area contributed by atoms with Gasteiger partial charge in [0.15, 0.2) is 0 Å². The highest BCUT2D eigenvalue weighted by atomic mass is 15.1. The molecule has 18 heavy (non-hydrogen) atoms. The lowest BCUT2D eigenvalue weighted by Crippen LogP contribution is -2.22. The summed E-state index contributed by atoms with van der Waals surface area (Å²) in [5.41, 5.74) is 2.38. The van der Waals surface area contributed by atoms with Crippen LogP contribution in [0.2, 0.25) is 0 Å². The fraction of sp³-hybridized carbons (Fsp3) is 0.667. The van der Waals surface area contributed by atoms with E-state index in [2.05, 4.69) is 35.5 Å². The van der Waals surface area contributed by atoms with E-state index in [1.54, 1.807) is 0 Å². The third-order valence-electron chi connectivity index (χ3n) is 3.71. The van der Waals surface area contributed by atoms with Crippen LogP contribution in [0.25, 0.3) is 0 Å². The molecule has 0 spiro atoms. The van der Waals surface area contributed by atoms with Crippen LogP contribution in [0.1, 0.15) is 37.1 Å². The molecule has 0 amide bonds. The first kappa shape index (κ1) is 12.1. The Bertz CT molecular complexity index is 396. The third-order valence-corrected chi connectivity index (χ3v) is 3.71. The van der Waals surface area contributed by atoms with Gasteiger partial charge >= 0.3 is 0 Å². The van der Waals surface area contributed by atoms with Crippen LogP contribution in [0, 0.1) is 5.92 Å². The summed E-state index contributed by atoms with van der Waals surface area (Å²) >= 11 is 0. The summed E-state index contributed by atoms with van der Waals surface area (Å²) in [6, 6.07) is 7.16. The predicted octanol–water partition coefficient (Wildman–Crippen LogP) is 2.18. The number of hydrogen-bond donors (Lipinski definition) is 1. The molecule has 2 saturated carbocycles. The van der Waals surface area contributed by atoms with Crippen LogP contribution < -0.4 is 5.32 Å². The second-order valence-electron chi connectivity index (χ2n) is 5.92. The van der Waals surface area contributed by atoms with Gasteiger partial charge in [0.25, 0.3) is 0 Å². The molecule has 0 aliphatic heterocycles. The third kappa shape index (κ3) is 3.79. The van der Waals surface area contributed by atoms with E-state index < -0.39 is 0 Å². The number of rotatable bonds is 7. The van der Waals surface area contributed by atoms with Gasteiger partial charge in [-0.15, -0.1) is 0 Å². The van der Waals surface area contributed by atoms with Gasteiger partial charge in [-0.1, -0.05) is 6.07 Å². The van der Waals surface area contributed by atoms with Crippen LogP contribution in [0.5, 0.6) is 0 Å². The number of pyridine rings is 1. The van der Waals surface area contributed by atoms with E-state index in [0.717, 1.165) is 25.0 Å². The molecular weight excluding hydrogens is 222 g/mol. The average molecular weight is 245 g/mol. The van der Waals surface area contributed by atoms with Crippen LogP contribution in [-0.2, 0) is 13.1 Å². The first-order valence-corrected chi connectivity index (χ1v) is 7.16.